The third-order valence-electron chi connectivity index (χ3n) is 7.91. The maximum absolute atomic E-state index is 13.6. The second-order valence-corrected chi connectivity index (χ2v) is 10.2. The lowest BCUT2D eigenvalue weighted by Crippen LogP contribution is -2.43. The van der Waals surface area contributed by atoms with Crippen LogP contribution >= 0.6 is 0 Å². The number of rotatable bonds is 5. The largest absolute Gasteiger partial charge is 0.445 e. The first-order valence-corrected chi connectivity index (χ1v) is 12.8. The Morgan fingerprint density at radius 3 is 2.46 bits per heavy atom. The smallest absolute Gasteiger partial charge is 0.410 e. The van der Waals surface area contributed by atoms with Crippen LogP contribution in [0.15, 0.2) is 72.8 Å². The Morgan fingerprint density at radius 2 is 1.69 bits per heavy atom. The van der Waals surface area contributed by atoms with Gasteiger partial charge in [-0.2, -0.15) is 0 Å². The predicted octanol–water partition coefficient (Wildman–Crippen LogP) is 6.24. The van der Waals surface area contributed by atoms with Crippen LogP contribution in [0.3, 0.4) is 0 Å². The summed E-state index contributed by atoms with van der Waals surface area (Å²) in [6.45, 7) is 3.31. The van der Waals surface area contributed by atoms with Crippen LogP contribution < -0.4 is 5.32 Å². The Morgan fingerprint density at radius 1 is 0.971 bits per heavy atom. The number of carbonyl (C=O) groups excluding carboxylic acids is 2. The molecule has 2 aliphatic rings. The van der Waals surface area contributed by atoms with Gasteiger partial charge >= 0.3 is 6.09 Å². The molecule has 1 N–H and O–H groups in total. The second-order valence-electron chi connectivity index (χ2n) is 10.2. The quantitative estimate of drug-likeness (QED) is 0.480. The maximum Gasteiger partial charge on any atom is 0.410 e. The monoisotopic (exact) mass is 470 g/mol. The highest BCUT2D eigenvalue weighted by atomic mass is 16.6. The van der Waals surface area contributed by atoms with Crippen molar-refractivity contribution in [1.82, 2.24) is 10.2 Å². The summed E-state index contributed by atoms with van der Waals surface area (Å²) in [6.07, 6.45) is 5.06. The summed E-state index contributed by atoms with van der Waals surface area (Å²) in [7, 11) is 0. The summed E-state index contributed by atoms with van der Waals surface area (Å²) >= 11 is 0. The van der Waals surface area contributed by atoms with E-state index in [2.05, 4.69) is 35.6 Å². The Labute approximate surface area is 207 Å². The van der Waals surface area contributed by atoms with Crippen molar-refractivity contribution in [3.8, 4) is 0 Å². The van der Waals surface area contributed by atoms with E-state index < -0.39 is 0 Å². The van der Waals surface area contributed by atoms with Crippen LogP contribution in [0.4, 0.5) is 4.79 Å². The number of likely N-dealkylation sites (tertiary alicyclic amines) is 1. The molecule has 1 aliphatic heterocycles. The van der Waals surface area contributed by atoms with Gasteiger partial charge in [0.2, 0.25) is 5.91 Å². The molecule has 1 saturated carbocycles. The topological polar surface area (TPSA) is 58.6 Å². The van der Waals surface area contributed by atoms with E-state index in [9.17, 15) is 9.59 Å². The zero-order valence-corrected chi connectivity index (χ0v) is 20.4. The van der Waals surface area contributed by atoms with Gasteiger partial charge in [0.05, 0.1) is 12.0 Å². The number of fused-ring (bicyclic) bond motifs is 1. The van der Waals surface area contributed by atoms with Crippen molar-refractivity contribution in [1.29, 1.82) is 0 Å². The molecule has 1 spiro atoms. The molecule has 1 saturated heterocycles. The minimum absolute atomic E-state index is 0.0471. The summed E-state index contributed by atoms with van der Waals surface area (Å²) in [5.41, 5.74) is 1.90. The molecule has 0 unspecified atom stereocenters. The van der Waals surface area contributed by atoms with E-state index in [1.807, 2.05) is 49.4 Å². The SMILES string of the molecule is C[C@@H](NC(=O)[C@H]1CN(C(=O)OCc2ccccc2)CC12CCCCC2)c1ccc2ccccc2c1. The maximum atomic E-state index is 13.6. The lowest BCUT2D eigenvalue weighted by atomic mass is 9.67. The fourth-order valence-corrected chi connectivity index (χ4v) is 5.92. The molecular weight excluding hydrogens is 436 g/mol. The molecule has 2 fully saturated rings. The highest BCUT2D eigenvalue weighted by Gasteiger charge is 2.51. The lowest BCUT2D eigenvalue weighted by Gasteiger charge is -2.37. The van der Waals surface area contributed by atoms with Crippen LogP contribution in [-0.2, 0) is 16.1 Å². The molecule has 2 atom stereocenters. The number of hydrogen-bond acceptors (Lipinski definition) is 3. The van der Waals surface area contributed by atoms with E-state index in [0.29, 0.717) is 13.1 Å². The Balaban J connectivity index is 1.28. The normalized spacial score (nSPS) is 20.0. The fourth-order valence-electron chi connectivity index (χ4n) is 5.92. The zero-order chi connectivity index (χ0) is 24.3. The molecule has 1 heterocycles. The van der Waals surface area contributed by atoms with Gasteiger partial charge in [0.25, 0.3) is 0 Å². The number of benzene rings is 3. The number of carbonyl (C=O) groups is 2. The van der Waals surface area contributed by atoms with Crippen LogP contribution in [0.5, 0.6) is 0 Å². The first kappa shape index (κ1) is 23.4. The highest BCUT2D eigenvalue weighted by Crippen LogP contribution is 2.48. The molecule has 182 valence electrons. The van der Waals surface area contributed by atoms with Gasteiger partial charge in [-0.15, -0.1) is 0 Å². The standard InChI is InChI=1S/C30H34N2O3/c1-22(25-15-14-24-12-6-7-13-26(24)18-25)31-28(33)27-19-32(21-30(27)16-8-3-9-17-30)29(34)35-20-23-10-4-2-5-11-23/h2,4-7,10-15,18,22,27H,3,8-9,16-17,19-21H2,1H3,(H,31,33)/t22-,27-/m1/s1. The van der Waals surface area contributed by atoms with Crippen LogP contribution in [0.2, 0.25) is 0 Å². The van der Waals surface area contributed by atoms with Gasteiger partial charge < -0.3 is 15.0 Å². The molecule has 0 radical (unpaired) electrons. The van der Waals surface area contributed by atoms with E-state index >= 15 is 0 Å². The van der Waals surface area contributed by atoms with E-state index in [4.69, 9.17) is 4.74 Å². The van der Waals surface area contributed by atoms with Crippen LogP contribution in [0.25, 0.3) is 10.8 Å². The van der Waals surface area contributed by atoms with Gasteiger partial charge in [-0.05, 0) is 47.7 Å². The van der Waals surface area contributed by atoms with Crippen LogP contribution in [0.1, 0.15) is 56.2 Å². The first-order valence-electron chi connectivity index (χ1n) is 12.8. The van der Waals surface area contributed by atoms with Crippen LogP contribution in [0, 0.1) is 11.3 Å². The molecule has 0 bridgehead atoms. The fraction of sp³-hybridized carbons (Fsp3) is 0.400. The summed E-state index contributed by atoms with van der Waals surface area (Å²) in [5, 5.41) is 5.63. The van der Waals surface area contributed by atoms with E-state index in [1.54, 1.807) is 4.90 Å². The molecule has 3 aromatic rings. The minimum atomic E-state index is -0.323. The third-order valence-corrected chi connectivity index (χ3v) is 7.91. The minimum Gasteiger partial charge on any atom is -0.445 e. The van der Waals surface area contributed by atoms with Crippen molar-refractivity contribution < 1.29 is 14.3 Å². The summed E-state index contributed by atoms with van der Waals surface area (Å²) in [4.78, 5) is 28.3. The summed E-state index contributed by atoms with van der Waals surface area (Å²) < 4.78 is 5.62. The van der Waals surface area contributed by atoms with Crippen molar-refractivity contribution in [3.63, 3.8) is 0 Å². The average molecular weight is 471 g/mol. The Kier molecular flexibility index (Phi) is 6.76. The van der Waals surface area contributed by atoms with Gasteiger partial charge in [0, 0.05) is 18.5 Å². The predicted molar refractivity (Wildman–Crippen MR) is 138 cm³/mol. The van der Waals surface area contributed by atoms with Crippen molar-refractivity contribution >= 4 is 22.8 Å². The van der Waals surface area contributed by atoms with E-state index in [-0.39, 0.29) is 36.0 Å². The average Bonchev–Trinajstić information content (AvgIpc) is 3.26. The number of hydrogen-bond donors (Lipinski definition) is 1. The molecule has 5 nitrogen and oxygen atoms in total. The summed E-state index contributed by atoms with van der Waals surface area (Å²) in [5.74, 6) is -0.166. The van der Waals surface area contributed by atoms with Gasteiger partial charge in [0.1, 0.15) is 6.61 Å². The number of nitrogens with zero attached hydrogens (tertiary/aromatic N) is 1. The van der Waals surface area contributed by atoms with E-state index in [0.717, 1.165) is 36.8 Å². The van der Waals surface area contributed by atoms with Crippen molar-refractivity contribution in [2.45, 2.75) is 51.7 Å². The molecule has 0 aromatic heterocycles. The van der Waals surface area contributed by atoms with Crippen molar-refractivity contribution in [2.24, 2.45) is 11.3 Å². The molecule has 2 amide bonds. The molecular formula is C30H34N2O3. The number of nitrogens with one attached hydrogen (secondary N) is 1. The third kappa shape index (κ3) is 5.04. The van der Waals surface area contributed by atoms with Crippen LogP contribution in [-0.4, -0.2) is 30.0 Å². The van der Waals surface area contributed by atoms with Crippen molar-refractivity contribution in [3.05, 3.63) is 83.9 Å². The number of ether oxygens (including phenoxy) is 1. The molecule has 5 rings (SSSR count). The second kappa shape index (κ2) is 10.1. The van der Waals surface area contributed by atoms with E-state index in [1.165, 1.54) is 17.2 Å². The zero-order valence-electron chi connectivity index (χ0n) is 20.4. The lowest BCUT2D eigenvalue weighted by molar-refractivity contribution is -0.129. The van der Waals surface area contributed by atoms with Gasteiger partial charge in [-0.3, -0.25) is 4.79 Å². The first-order chi connectivity index (χ1) is 17.0. The van der Waals surface area contributed by atoms with Gasteiger partial charge in [-0.25, -0.2) is 4.79 Å². The number of amides is 2. The molecule has 3 aromatic carbocycles. The Hall–Kier alpha value is -3.34. The van der Waals surface area contributed by atoms with Gasteiger partial charge in [-0.1, -0.05) is 86.0 Å². The molecule has 35 heavy (non-hydrogen) atoms. The van der Waals surface area contributed by atoms with Gasteiger partial charge in [0.15, 0.2) is 0 Å². The Bertz CT molecular complexity index is 1190. The molecule has 5 heteroatoms. The highest BCUT2D eigenvalue weighted by molar-refractivity contribution is 5.84. The van der Waals surface area contributed by atoms with Crippen molar-refractivity contribution in [2.75, 3.05) is 13.1 Å². The summed E-state index contributed by atoms with van der Waals surface area (Å²) in [6, 6.07) is 24.2. The molecule has 1 aliphatic carbocycles.